The van der Waals surface area contributed by atoms with Crippen molar-refractivity contribution in [3.05, 3.63) is 69.2 Å². The first-order valence-corrected chi connectivity index (χ1v) is 7.53. The van der Waals surface area contributed by atoms with Gasteiger partial charge in [0.2, 0.25) is 0 Å². The maximum Gasteiger partial charge on any atom is 0.0451 e. The van der Waals surface area contributed by atoms with E-state index in [1.165, 1.54) is 11.1 Å². The van der Waals surface area contributed by atoms with Gasteiger partial charge in [-0.2, -0.15) is 0 Å². The number of benzene rings is 2. The molecule has 2 rings (SSSR count). The molecule has 0 fully saturated rings. The van der Waals surface area contributed by atoms with Gasteiger partial charge in [0, 0.05) is 22.6 Å². The maximum atomic E-state index is 6.17. The van der Waals surface area contributed by atoms with Crippen molar-refractivity contribution in [1.29, 1.82) is 0 Å². The fourth-order valence-electron chi connectivity index (χ4n) is 2.20. The van der Waals surface area contributed by atoms with Gasteiger partial charge >= 0.3 is 0 Å². The molecule has 0 heterocycles. The van der Waals surface area contributed by atoms with Gasteiger partial charge < -0.3 is 5.32 Å². The van der Waals surface area contributed by atoms with E-state index in [-0.39, 0.29) is 0 Å². The Morgan fingerprint density at radius 1 is 1.05 bits per heavy atom. The average molecular weight is 308 g/mol. The second kappa shape index (κ2) is 7.12. The lowest BCUT2D eigenvalue weighted by atomic mass is 10.0. The lowest BCUT2D eigenvalue weighted by Crippen LogP contribution is -2.27. The molecule has 0 bridgehead atoms. The molecule has 0 aliphatic carbocycles. The molecule has 0 aliphatic rings. The van der Waals surface area contributed by atoms with Crippen LogP contribution in [0.25, 0.3) is 0 Å². The van der Waals surface area contributed by atoms with Crippen LogP contribution in [0.2, 0.25) is 10.0 Å². The third-order valence-corrected chi connectivity index (χ3v) is 4.04. The molecule has 2 aromatic carbocycles. The number of rotatable bonds is 5. The van der Waals surface area contributed by atoms with Gasteiger partial charge in [0.15, 0.2) is 0 Å². The summed E-state index contributed by atoms with van der Waals surface area (Å²) in [4.78, 5) is 0. The van der Waals surface area contributed by atoms with Crippen molar-refractivity contribution in [2.75, 3.05) is 0 Å². The van der Waals surface area contributed by atoms with Gasteiger partial charge in [-0.3, -0.25) is 0 Å². The summed E-state index contributed by atoms with van der Waals surface area (Å²) in [5, 5.41) is 4.97. The van der Waals surface area contributed by atoms with E-state index < -0.39 is 0 Å². The van der Waals surface area contributed by atoms with Gasteiger partial charge in [0.1, 0.15) is 0 Å². The van der Waals surface area contributed by atoms with Crippen molar-refractivity contribution in [2.24, 2.45) is 0 Å². The molecule has 0 radical (unpaired) electrons. The first-order chi connectivity index (χ1) is 9.56. The van der Waals surface area contributed by atoms with Gasteiger partial charge in [-0.1, -0.05) is 47.5 Å². The molecule has 0 aliphatic heterocycles. The molecule has 1 atom stereocenters. The number of nitrogens with one attached hydrogen (secondary N) is 1. The molecule has 1 nitrogen and oxygen atoms in total. The van der Waals surface area contributed by atoms with Crippen LogP contribution in [-0.2, 0) is 13.0 Å². The Bertz CT molecular complexity index is 581. The van der Waals surface area contributed by atoms with Crippen molar-refractivity contribution < 1.29 is 0 Å². The summed E-state index contributed by atoms with van der Waals surface area (Å²) >= 11 is 12.2. The third kappa shape index (κ3) is 4.24. The van der Waals surface area contributed by atoms with Crippen molar-refractivity contribution in [3.63, 3.8) is 0 Å². The summed E-state index contributed by atoms with van der Waals surface area (Å²) in [5.41, 5.74) is 3.75. The maximum absolute atomic E-state index is 6.17. The van der Waals surface area contributed by atoms with E-state index in [0.29, 0.717) is 6.04 Å². The van der Waals surface area contributed by atoms with Crippen molar-refractivity contribution in [2.45, 2.75) is 32.9 Å². The molecule has 3 heteroatoms. The molecular weight excluding hydrogens is 289 g/mol. The molecule has 0 aromatic heterocycles. The topological polar surface area (TPSA) is 12.0 Å². The lowest BCUT2D eigenvalue weighted by molar-refractivity contribution is 0.544. The highest BCUT2D eigenvalue weighted by Crippen LogP contribution is 2.20. The van der Waals surface area contributed by atoms with Crippen LogP contribution >= 0.6 is 23.2 Å². The van der Waals surface area contributed by atoms with Crippen molar-refractivity contribution in [3.8, 4) is 0 Å². The van der Waals surface area contributed by atoms with Crippen LogP contribution < -0.4 is 5.32 Å². The minimum Gasteiger partial charge on any atom is -0.310 e. The standard InChI is InChI=1S/C17H19Cl2N/c1-12-5-3-4-6-14(12)9-13(2)20-11-15-10-16(18)7-8-17(15)19/h3-8,10,13,20H,9,11H2,1-2H3. The van der Waals surface area contributed by atoms with Crippen molar-refractivity contribution >= 4 is 23.2 Å². The van der Waals surface area contributed by atoms with Gasteiger partial charge in [-0.25, -0.2) is 0 Å². The van der Waals surface area contributed by atoms with Crippen LogP contribution in [0.5, 0.6) is 0 Å². The van der Waals surface area contributed by atoms with E-state index in [4.69, 9.17) is 23.2 Å². The van der Waals surface area contributed by atoms with Crippen LogP contribution in [-0.4, -0.2) is 6.04 Å². The van der Waals surface area contributed by atoms with E-state index in [9.17, 15) is 0 Å². The smallest absolute Gasteiger partial charge is 0.0451 e. The molecule has 2 aromatic rings. The van der Waals surface area contributed by atoms with Gasteiger partial charge in [0.25, 0.3) is 0 Å². The van der Waals surface area contributed by atoms with E-state index in [0.717, 1.165) is 28.6 Å². The zero-order valence-electron chi connectivity index (χ0n) is 11.8. The van der Waals surface area contributed by atoms with Gasteiger partial charge in [-0.05, 0) is 55.2 Å². The summed E-state index contributed by atoms with van der Waals surface area (Å²) in [6.07, 6.45) is 1.00. The minimum atomic E-state index is 0.381. The zero-order chi connectivity index (χ0) is 14.5. The third-order valence-electron chi connectivity index (χ3n) is 3.44. The Kier molecular flexibility index (Phi) is 5.47. The van der Waals surface area contributed by atoms with Crippen molar-refractivity contribution in [1.82, 2.24) is 5.32 Å². The monoisotopic (exact) mass is 307 g/mol. The Labute approximate surface area is 130 Å². The summed E-state index contributed by atoms with van der Waals surface area (Å²) in [5.74, 6) is 0. The second-order valence-corrected chi connectivity index (χ2v) is 5.99. The molecule has 0 saturated heterocycles. The van der Waals surface area contributed by atoms with E-state index in [2.05, 4.69) is 43.4 Å². The fraction of sp³-hybridized carbons (Fsp3) is 0.294. The zero-order valence-corrected chi connectivity index (χ0v) is 13.3. The summed E-state index contributed by atoms with van der Waals surface area (Å²) in [7, 11) is 0. The fourth-order valence-corrected chi connectivity index (χ4v) is 2.58. The molecule has 0 saturated carbocycles. The van der Waals surface area contributed by atoms with Crippen LogP contribution in [0.4, 0.5) is 0 Å². The Morgan fingerprint density at radius 3 is 2.55 bits per heavy atom. The van der Waals surface area contributed by atoms with Crippen LogP contribution in [0.3, 0.4) is 0 Å². The Balaban J connectivity index is 1.94. The molecule has 0 spiro atoms. The number of aryl methyl sites for hydroxylation is 1. The molecule has 106 valence electrons. The first-order valence-electron chi connectivity index (χ1n) is 6.78. The first kappa shape index (κ1) is 15.4. The average Bonchev–Trinajstić information content (AvgIpc) is 2.42. The largest absolute Gasteiger partial charge is 0.310 e. The van der Waals surface area contributed by atoms with Crippen LogP contribution in [0.15, 0.2) is 42.5 Å². The van der Waals surface area contributed by atoms with E-state index in [1.807, 2.05) is 18.2 Å². The lowest BCUT2D eigenvalue weighted by Gasteiger charge is -2.16. The molecule has 0 amide bonds. The molecule has 1 N–H and O–H groups in total. The minimum absolute atomic E-state index is 0.381. The highest BCUT2D eigenvalue weighted by molar-refractivity contribution is 6.33. The molecule has 20 heavy (non-hydrogen) atoms. The highest BCUT2D eigenvalue weighted by Gasteiger charge is 2.07. The predicted molar refractivity (Wildman–Crippen MR) is 87.6 cm³/mol. The molecular formula is C17H19Cl2N. The normalized spacial score (nSPS) is 12.4. The van der Waals surface area contributed by atoms with E-state index in [1.54, 1.807) is 0 Å². The summed E-state index contributed by atoms with van der Waals surface area (Å²) in [6.45, 7) is 5.06. The summed E-state index contributed by atoms with van der Waals surface area (Å²) < 4.78 is 0. The second-order valence-electron chi connectivity index (χ2n) is 5.15. The quantitative estimate of drug-likeness (QED) is 0.817. The van der Waals surface area contributed by atoms with Gasteiger partial charge in [-0.15, -0.1) is 0 Å². The number of hydrogen-bond donors (Lipinski definition) is 1. The Morgan fingerprint density at radius 2 is 1.80 bits per heavy atom. The Hall–Kier alpha value is -1.02. The summed E-state index contributed by atoms with van der Waals surface area (Å²) in [6, 6.07) is 14.4. The predicted octanol–water partition coefficient (Wildman–Crippen LogP) is 5.02. The number of hydrogen-bond acceptors (Lipinski definition) is 1. The molecule has 1 unspecified atom stereocenters. The highest BCUT2D eigenvalue weighted by atomic mass is 35.5. The van der Waals surface area contributed by atoms with E-state index >= 15 is 0 Å². The van der Waals surface area contributed by atoms with Crippen LogP contribution in [0, 0.1) is 6.92 Å². The SMILES string of the molecule is Cc1ccccc1CC(C)NCc1cc(Cl)ccc1Cl. The van der Waals surface area contributed by atoms with Gasteiger partial charge in [0.05, 0.1) is 0 Å². The van der Waals surface area contributed by atoms with Crippen LogP contribution in [0.1, 0.15) is 23.6 Å². The number of halogens is 2.